The molecule has 1 saturated heterocycles. The van der Waals surface area contributed by atoms with E-state index in [9.17, 15) is 9.70 Å². The van der Waals surface area contributed by atoms with Crippen molar-refractivity contribution >= 4 is 11.7 Å². The molecule has 0 aromatic carbocycles. The first-order valence-corrected chi connectivity index (χ1v) is 11.4. The molecule has 174 valence electrons. The van der Waals surface area contributed by atoms with Gasteiger partial charge in [0.25, 0.3) is 5.91 Å². The predicted molar refractivity (Wildman–Crippen MR) is 128 cm³/mol. The van der Waals surface area contributed by atoms with Gasteiger partial charge >= 0.3 is 0 Å². The van der Waals surface area contributed by atoms with Crippen LogP contribution in [0, 0.1) is 4.91 Å². The molecule has 3 rings (SSSR count). The summed E-state index contributed by atoms with van der Waals surface area (Å²) >= 11 is 0. The molecule has 1 fully saturated rings. The van der Waals surface area contributed by atoms with Gasteiger partial charge in [-0.3, -0.25) is 9.69 Å². The Kier molecular flexibility index (Phi) is 9.18. The van der Waals surface area contributed by atoms with Crippen LogP contribution in [0.15, 0.2) is 47.3 Å². The molecular formula is C23H35N7O2. The lowest BCUT2D eigenvalue weighted by Crippen LogP contribution is -2.40. The minimum absolute atomic E-state index is 0.180. The minimum atomic E-state index is -0.251. The molecule has 0 radical (unpaired) electrons. The first-order chi connectivity index (χ1) is 15.5. The molecule has 3 heterocycles. The van der Waals surface area contributed by atoms with E-state index in [1.165, 1.54) is 0 Å². The van der Waals surface area contributed by atoms with Gasteiger partial charge in [-0.05, 0) is 30.7 Å². The van der Waals surface area contributed by atoms with Crippen LogP contribution in [0.2, 0.25) is 0 Å². The molecule has 1 unspecified atom stereocenters. The Morgan fingerprint density at radius 3 is 2.88 bits per heavy atom. The summed E-state index contributed by atoms with van der Waals surface area (Å²) in [5.41, 5.74) is 1.45. The number of nitrogens with one attached hydrogen (secondary N) is 3. The first kappa shape index (κ1) is 23.9. The number of carbonyl (C=O) groups is 1. The zero-order valence-corrected chi connectivity index (χ0v) is 19.1. The van der Waals surface area contributed by atoms with Crippen molar-refractivity contribution in [2.75, 3.05) is 57.3 Å². The van der Waals surface area contributed by atoms with E-state index < -0.39 is 0 Å². The van der Waals surface area contributed by atoms with Crippen LogP contribution >= 0.6 is 0 Å². The first-order valence-electron chi connectivity index (χ1n) is 11.4. The van der Waals surface area contributed by atoms with Gasteiger partial charge in [0.15, 0.2) is 0 Å². The summed E-state index contributed by atoms with van der Waals surface area (Å²) in [5.74, 6) is 0.630. The van der Waals surface area contributed by atoms with Gasteiger partial charge < -0.3 is 20.9 Å². The van der Waals surface area contributed by atoms with Gasteiger partial charge in [0.05, 0.1) is 0 Å². The highest BCUT2D eigenvalue weighted by molar-refractivity contribution is 5.92. The van der Waals surface area contributed by atoms with Gasteiger partial charge in [-0.15, -0.1) is 0 Å². The fourth-order valence-electron chi connectivity index (χ4n) is 3.81. The summed E-state index contributed by atoms with van der Waals surface area (Å²) in [6.45, 7) is 10.1. The van der Waals surface area contributed by atoms with Crippen molar-refractivity contribution in [3.05, 3.63) is 52.7 Å². The lowest BCUT2D eigenvalue weighted by Gasteiger charge is -2.24. The Balaban J connectivity index is 1.53. The molecule has 1 aromatic rings. The molecular weight excluding hydrogens is 406 g/mol. The second-order valence-corrected chi connectivity index (χ2v) is 8.56. The number of aromatic nitrogens is 1. The van der Waals surface area contributed by atoms with E-state index in [1.807, 2.05) is 30.5 Å². The Morgan fingerprint density at radius 1 is 1.25 bits per heavy atom. The maximum Gasteiger partial charge on any atom is 0.270 e. The Labute approximate surface area is 190 Å². The summed E-state index contributed by atoms with van der Waals surface area (Å²) < 4.78 is 0. The van der Waals surface area contributed by atoms with Crippen molar-refractivity contribution in [3.63, 3.8) is 0 Å². The van der Waals surface area contributed by atoms with Crippen molar-refractivity contribution in [3.8, 4) is 0 Å². The second-order valence-electron chi connectivity index (χ2n) is 8.56. The standard InChI is InChI=1S/C23H35N7O2/c1-18(2)25-16-20(28-32)17-29-10-5-11-30(13-12-29)22-8-3-7-21(27-22)23(31)26-15-19-6-4-9-24-14-19/h3-4,6-8,14,18,20,24-25H,5,9-13,15-17H2,1-2H3,(H,26,31). The number of nitrogens with zero attached hydrogens (tertiary/aromatic N) is 4. The maximum absolute atomic E-state index is 12.6. The van der Waals surface area contributed by atoms with Crippen LogP contribution < -0.4 is 20.9 Å². The Bertz CT molecular complexity index is 824. The van der Waals surface area contributed by atoms with Crippen LogP contribution in [0.5, 0.6) is 0 Å². The molecule has 2 aliphatic heterocycles. The fraction of sp³-hybridized carbons (Fsp3) is 0.565. The summed E-state index contributed by atoms with van der Waals surface area (Å²) in [6.07, 6.45) is 6.91. The highest BCUT2D eigenvalue weighted by Gasteiger charge is 2.20. The third-order valence-electron chi connectivity index (χ3n) is 5.57. The van der Waals surface area contributed by atoms with Crippen LogP contribution in [0.1, 0.15) is 30.8 Å². The van der Waals surface area contributed by atoms with Crippen LogP contribution in [0.3, 0.4) is 0 Å². The molecule has 0 saturated carbocycles. The van der Waals surface area contributed by atoms with Crippen LogP contribution in [-0.4, -0.2) is 80.2 Å². The lowest BCUT2D eigenvalue weighted by molar-refractivity contribution is 0.0952. The molecule has 0 bridgehead atoms. The molecule has 9 heteroatoms. The number of carbonyl (C=O) groups excluding carboxylic acids is 1. The highest BCUT2D eigenvalue weighted by atomic mass is 16.3. The smallest absolute Gasteiger partial charge is 0.270 e. The average Bonchev–Trinajstić information content (AvgIpc) is 3.06. The summed E-state index contributed by atoms with van der Waals surface area (Å²) in [7, 11) is 0. The second kappa shape index (κ2) is 12.3. The number of anilines is 1. The van der Waals surface area contributed by atoms with E-state index in [4.69, 9.17) is 0 Å². The zero-order chi connectivity index (χ0) is 22.8. The van der Waals surface area contributed by atoms with Crippen molar-refractivity contribution in [2.45, 2.75) is 32.4 Å². The zero-order valence-electron chi connectivity index (χ0n) is 19.1. The van der Waals surface area contributed by atoms with E-state index >= 15 is 0 Å². The van der Waals surface area contributed by atoms with E-state index in [1.54, 1.807) is 6.07 Å². The number of nitroso groups, excluding NO2 is 1. The summed E-state index contributed by atoms with van der Waals surface area (Å²) in [6, 6.07) is 5.66. The normalized spacial score (nSPS) is 18.0. The van der Waals surface area contributed by atoms with Crippen molar-refractivity contribution < 1.29 is 4.79 Å². The molecule has 0 aliphatic carbocycles. The van der Waals surface area contributed by atoms with Crippen LogP contribution in [-0.2, 0) is 0 Å². The van der Waals surface area contributed by atoms with Gasteiger partial charge in [0.2, 0.25) is 0 Å². The number of hydrogen-bond acceptors (Lipinski definition) is 8. The Hall–Kier alpha value is -2.78. The number of rotatable bonds is 10. The van der Waals surface area contributed by atoms with Gasteiger partial charge in [-0.25, -0.2) is 4.98 Å². The van der Waals surface area contributed by atoms with Gasteiger partial charge in [-0.1, -0.05) is 37.2 Å². The van der Waals surface area contributed by atoms with Crippen molar-refractivity contribution in [1.29, 1.82) is 0 Å². The molecule has 1 aromatic heterocycles. The molecule has 3 N–H and O–H groups in total. The molecule has 0 spiro atoms. The average molecular weight is 442 g/mol. The number of pyridine rings is 1. The maximum atomic E-state index is 12.6. The van der Waals surface area contributed by atoms with E-state index in [0.717, 1.165) is 50.5 Å². The lowest BCUT2D eigenvalue weighted by atomic mass is 10.2. The topological polar surface area (TPSA) is 102 Å². The molecule has 1 atom stereocenters. The van der Waals surface area contributed by atoms with Gasteiger partial charge in [0, 0.05) is 58.1 Å². The Morgan fingerprint density at radius 2 is 2.12 bits per heavy atom. The van der Waals surface area contributed by atoms with Gasteiger partial charge in [-0.2, -0.15) is 4.91 Å². The van der Waals surface area contributed by atoms with Crippen molar-refractivity contribution in [1.82, 2.24) is 25.8 Å². The highest BCUT2D eigenvalue weighted by Crippen LogP contribution is 2.15. The third-order valence-corrected chi connectivity index (χ3v) is 5.57. The molecule has 2 aliphatic rings. The largest absolute Gasteiger partial charge is 0.387 e. The summed E-state index contributed by atoms with van der Waals surface area (Å²) in [4.78, 5) is 32.9. The van der Waals surface area contributed by atoms with Crippen LogP contribution in [0.4, 0.5) is 5.82 Å². The third kappa shape index (κ3) is 7.42. The molecule has 1 amide bonds. The minimum Gasteiger partial charge on any atom is -0.387 e. The fourth-order valence-corrected chi connectivity index (χ4v) is 3.81. The monoisotopic (exact) mass is 441 g/mol. The SMILES string of the molecule is CC(C)NCC(CN1CCCN(c2cccc(C(=O)NCC3=CNCC=C3)n2)CC1)N=O. The predicted octanol–water partition coefficient (Wildman–Crippen LogP) is 1.50. The van der Waals surface area contributed by atoms with E-state index in [0.29, 0.717) is 31.4 Å². The van der Waals surface area contributed by atoms with Gasteiger partial charge in [0.1, 0.15) is 17.6 Å². The number of dihydropyridines is 1. The van der Waals surface area contributed by atoms with E-state index in [-0.39, 0.29) is 11.9 Å². The van der Waals surface area contributed by atoms with Crippen molar-refractivity contribution in [2.24, 2.45) is 5.18 Å². The quantitative estimate of drug-likeness (QED) is 0.473. The number of amides is 1. The molecule has 9 nitrogen and oxygen atoms in total. The number of hydrogen-bond donors (Lipinski definition) is 3. The van der Waals surface area contributed by atoms with Crippen LogP contribution in [0.25, 0.3) is 0 Å². The summed E-state index contributed by atoms with van der Waals surface area (Å²) in [5, 5.41) is 12.7. The molecule has 32 heavy (non-hydrogen) atoms. The van der Waals surface area contributed by atoms with E-state index in [2.05, 4.69) is 49.8 Å².